The fourth-order valence-electron chi connectivity index (χ4n) is 2.14. The highest BCUT2D eigenvalue weighted by atomic mass is 16.3. The van der Waals surface area contributed by atoms with E-state index in [1.165, 1.54) is 5.56 Å². The van der Waals surface area contributed by atoms with Crippen LogP contribution in [0.3, 0.4) is 0 Å². The molecule has 1 aromatic rings. The Bertz CT molecular complexity index is 373. The monoisotopic (exact) mass is 233 g/mol. The van der Waals surface area contributed by atoms with E-state index in [1.807, 2.05) is 25.1 Å². The molecule has 1 aromatic carbocycles. The lowest BCUT2D eigenvalue weighted by Crippen LogP contribution is -2.38. The van der Waals surface area contributed by atoms with Gasteiger partial charge in [-0.1, -0.05) is 37.3 Å². The Hall–Kier alpha value is -1.35. The zero-order valence-corrected chi connectivity index (χ0v) is 10.1. The second kappa shape index (κ2) is 5.32. The van der Waals surface area contributed by atoms with Crippen LogP contribution in [-0.2, 0) is 4.79 Å². The summed E-state index contributed by atoms with van der Waals surface area (Å²) in [4.78, 5) is 11.9. The van der Waals surface area contributed by atoms with Crippen molar-refractivity contribution in [3.63, 3.8) is 0 Å². The van der Waals surface area contributed by atoms with Gasteiger partial charge in [-0.05, 0) is 24.3 Å². The summed E-state index contributed by atoms with van der Waals surface area (Å²) in [6, 6.07) is 10.0. The van der Waals surface area contributed by atoms with Gasteiger partial charge >= 0.3 is 0 Å². The van der Waals surface area contributed by atoms with Crippen molar-refractivity contribution in [2.75, 3.05) is 6.61 Å². The Balaban J connectivity index is 1.88. The third-order valence-electron chi connectivity index (χ3n) is 3.41. The molecule has 3 heteroatoms. The van der Waals surface area contributed by atoms with Gasteiger partial charge in [0.15, 0.2) is 0 Å². The lowest BCUT2D eigenvalue weighted by atomic mass is 10.1. The van der Waals surface area contributed by atoms with Crippen LogP contribution in [0.1, 0.15) is 31.2 Å². The summed E-state index contributed by atoms with van der Waals surface area (Å²) in [6.45, 7) is 1.98. The zero-order valence-electron chi connectivity index (χ0n) is 10.1. The highest BCUT2D eigenvalue weighted by Crippen LogP contribution is 2.47. The molecule has 1 aliphatic carbocycles. The molecule has 0 heterocycles. The summed E-state index contributed by atoms with van der Waals surface area (Å²) >= 11 is 0. The summed E-state index contributed by atoms with van der Waals surface area (Å²) in [5.41, 5.74) is 1.24. The normalized spacial score (nSPS) is 24.1. The SMILES string of the molecule is CCC(CO)NC(=O)C1CC1c1ccccc1. The van der Waals surface area contributed by atoms with Crippen molar-refractivity contribution in [3.8, 4) is 0 Å². The van der Waals surface area contributed by atoms with E-state index in [4.69, 9.17) is 5.11 Å². The number of amides is 1. The fourth-order valence-corrected chi connectivity index (χ4v) is 2.14. The van der Waals surface area contributed by atoms with Gasteiger partial charge in [0, 0.05) is 5.92 Å². The molecule has 2 rings (SSSR count). The first-order chi connectivity index (χ1) is 8.26. The van der Waals surface area contributed by atoms with Gasteiger partial charge in [-0.25, -0.2) is 0 Å². The van der Waals surface area contributed by atoms with Crippen molar-refractivity contribution in [1.29, 1.82) is 0 Å². The van der Waals surface area contributed by atoms with Gasteiger partial charge in [0.05, 0.1) is 12.6 Å². The minimum Gasteiger partial charge on any atom is -0.394 e. The number of aliphatic hydroxyl groups is 1. The molecule has 0 radical (unpaired) electrons. The van der Waals surface area contributed by atoms with Crippen LogP contribution in [0.15, 0.2) is 30.3 Å². The lowest BCUT2D eigenvalue weighted by molar-refractivity contribution is -0.123. The molecule has 3 unspecified atom stereocenters. The Morgan fingerprint density at radius 1 is 1.47 bits per heavy atom. The molecule has 17 heavy (non-hydrogen) atoms. The third-order valence-corrected chi connectivity index (χ3v) is 3.41. The number of carbonyl (C=O) groups is 1. The fraction of sp³-hybridized carbons (Fsp3) is 0.500. The number of benzene rings is 1. The van der Waals surface area contributed by atoms with E-state index in [-0.39, 0.29) is 24.5 Å². The van der Waals surface area contributed by atoms with Gasteiger partial charge in [-0.15, -0.1) is 0 Å². The van der Waals surface area contributed by atoms with E-state index in [0.29, 0.717) is 5.92 Å². The Kier molecular flexibility index (Phi) is 3.79. The van der Waals surface area contributed by atoms with Crippen LogP contribution in [0.25, 0.3) is 0 Å². The molecule has 2 N–H and O–H groups in total. The standard InChI is InChI=1S/C14H19NO2/c1-2-11(9-16)15-14(17)13-8-12(13)10-6-4-3-5-7-10/h3-7,11-13,16H,2,8-9H2,1H3,(H,15,17). The number of aliphatic hydroxyl groups excluding tert-OH is 1. The van der Waals surface area contributed by atoms with Crippen LogP contribution in [0, 0.1) is 5.92 Å². The third kappa shape index (κ3) is 2.86. The van der Waals surface area contributed by atoms with Crippen molar-refractivity contribution >= 4 is 5.91 Å². The van der Waals surface area contributed by atoms with Crippen molar-refractivity contribution in [2.45, 2.75) is 31.7 Å². The van der Waals surface area contributed by atoms with Gasteiger partial charge in [0.1, 0.15) is 0 Å². The van der Waals surface area contributed by atoms with Crippen LogP contribution < -0.4 is 5.32 Å². The van der Waals surface area contributed by atoms with E-state index < -0.39 is 0 Å². The largest absolute Gasteiger partial charge is 0.394 e. The predicted octanol–water partition coefficient (Wildman–Crippen LogP) is 1.68. The molecule has 3 atom stereocenters. The van der Waals surface area contributed by atoms with E-state index >= 15 is 0 Å². The molecule has 1 aliphatic rings. The number of hydrogen-bond donors (Lipinski definition) is 2. The van der Waals surface area contributed by atoms with Crippen molar-refractivity contribution in [3.05, 3.63) is 35.9 Å². The molecular weight excluding hydrogens is 214 g/mol. The van der Waals surface area contributed by atoms with Gasteiger partial charge < -0.3 is 10.4 Å². The Morgan fingerprint density at radius 3 is 2.76 bits per heavy atom. The molecule has 0 spiro atoms. The van der Waals surface area contributed by atoms with Crippen molar-refractivity contribution in [2.24, 2.45) is 5.92 Å². The van der Waals surface area contributed by atoms with Gasteiger partial charge in [-0.2, -0.15) is 0 Å². The quantitative estimate of drug-likeness (QED) is 0.813. The van der Waals surface area contributed by atoms with Crippen LogP contribution >= 0.6 is 0 Å². The summed E-state index contributed by atoms with van der Waals surface area (Å²) in [6.07, 6.45) is 1.70. The maximum absolute atomic E-state index is 11.9. The second-order valence-electron chi connectivity index (χ2n) is 4.66. The molecule has 92 valence electrons. The van der Waals surface area contributed by atoms with Gasteiger partial charge in [-0.3, -0.25) is 4.79 Å². The molecule has 0 aromatic heterocycles. The molecular formula is C14H19NO2. The van der Waals surface area contributed by atoms with E-state index in [9.17, 15) is 4.79 Å². The maximum Gasteiger partial charge on any atom is 0.224 e. The summed E-state index contributed by atoms with van der Waals surface area (Å²) in [5.74, 6) is 0.546. The van der Waals surface area contributed by atoms with Crippen LogP contribution in [0.2, 0.25) is 0 Å². The van der Waals surface area contributed by atoms with Gasteiger partial charge in [0.25, 0.3) is 0 Å². The highest BCUT2D eigenvalue weighted by molar-refractivity contribution is 5.83. The van der Waals surface area contributed by atoms with Crippen LogP contribution in [-0.4, -0.2) is 23.7 Å². The van der Waals surface area contributed by atoms with E-state index in [2.05, 4.69) is 17.4 Å². The summed E-state index contributed by atoms with van der Waals surface area (Å²) in [5, 5.41) is 11.9. The number of rotatable bonds is 5. The molecule has 3 nitrogen and oxygen atoms in total. The molecule has 1 amide bonds. The van der Waals surface area contributed by atoms with Crippen molar-refractivity contribution < 1.29 is 9.90 Å². The van der Waals surface area contributed by atoms with Gasteiger partial charge in [0.2, 0.25) is 5.91 Å². The lowest BCUT2D eigenvalue weighted by Gasteiger charge is -2.13. The van der Waals surface area contributed by atoms with E-state index in [0.717, 1.165) is 12.8 Å². The molecule has 0 aliphatic heterocycles. The summed E-state index contributed by atoms with van der Waals surface area (Å²) < 4.78 is 0. The number of hydrogen-bond acceptors (Lipinski definition) is 2. The first kappa shape index (κ1) is 12.1. The minimum absolute atomic E-state index is 0.0188. The number of carbonyl (C=O) groups excluding carboxylic acids is 1. The van der Waals surface area contributed by atoms with Crippen LogP contribution in [0.4, 0.5) is 0 Å². The zero-order chi connectivity index (χ0) is 12.3. The summed E-state index contributed by atoms with van der Waals surface area (Å²) in [7, 11) is 0. The molecule has 0 bridgehead atoms. The average Bonchev–Trinajstić information content (AvgIpc) is 3.17. The maximum atomic E-state index is 11.9. The smallest absolute Gasteiger partial charge is 0.224 e. The average molecular weight is 233 g/mol. The van der Waals surface area contributed by atoms with E-state index in [1.54, 1.807) is 0 Å². The first-order valence-corrected chi connectivity index (χ1v) is 6.22. The molecule has 0 saturated heterocycles. The first-order valence-electron chi connectivity index (χ1n) is 6.22. The van der Waals surface area contributed by atoms with Crippen molar-refractivity contribution in [1.82, 2.24) is 5.32 Å². The predicted molar refractivity (Wildman–Crippen MR) is 66.6 cm³/mol. The Labute approximate surface area is 102 Å². The number of nitrogens with one attached hydrogen (secondary N) is 1. The topological polar surface area (TPSA) is 49.3 Å². The second-order valence-corrected chi connectivity index (χ2v) is 4.66. The Morgan fingerprint density at radius 2 is 2.18 bits per heavy atom. The molecule has 1 saturated carbocycles. The molecule has 1 fully saturated rings. The highest BCUT2D eigenvalue weighted by Gasteiger charge is 2.44. The minimum atomic E-state index is -0.0977. The van der Waals surface area contributed by atoms with Crippen LogP contribution in [0.5, 0.6) is 0 Å².